The van der Waals surface area contributed by atoms with Crippen LogP contribution < -0.4 is 15.4 Å². The summed E-state index contributed by atoms with van der Waals surface area (Å²) in [5.41, 5.74) is 12.0. The molecule has 0 atom stereocenters. The Morgan fingerprint density at radius 3 is 2.50 bits per heavy atom. The SMILES string of the molecule is Cc1cc(CN2CCC(C(N)=O)CC2)ccc1COc1c(C)cccc1-c1csc(N2CCC(C(O)O)CC2)n1. The quantitative estimate of drug-likeness (QED) is 0.334. The zero-order valence-electron chi connectivity index (χ0n) is 23.4. The molecule has 0 radical (unpaired) electrons. The Labute approximate surface area is 240 Å². The van der Waals surface area contributed by atoms with Gasteiger partial charge in [0.25, 0.3) is 0 Å². The lowest BCUT2D eigenvalue weighted by molar-refractivity contribution is -0.123. The number of aliphatic hydroxyl groups is 2. The molecule has 0 saturated carbocycles. The predicted molar refractivity (Wildman–Crippen MR) is 158 cm³/mol. The van der Waals surface area contributed by atoms with Crippen molar-refractivity contribution < 1.29 is 19.7 Å². The summed E-state index contributed by atoms with van der Waals surface area (Å²) in [6, 6.07) is 12.7. The molecule has 3 aromatic rings. The summed E-state index contributed by atoms with van der Waals surface area (Å²) in [6.07, 6.45) is 1.93. The van der Waals surface area contributed by atoms with Crippen LogP contribution in [0.2, 0.25) is 0 Å². The largest absolute Gasteiger partial charge is 0.488 e. The van der Waals surface area contributed by atoms with E-state index in [-0.39, 0.29) is 17.7 Å². The van der Waals surface area contributed by atoms with Crippen molar-refractivity contribution >= 4 is 22.4 Å². The molecule has 1 aromatic heterocycles. The van der Waals surface area contributed by atoms with Crippen LogP contribution in [0.25, 0.3) is 11.3 Å². The molecule has 214 valence electrons. The van der Waals surface area contributed by atoms with Gasteiger partial charge in [-0.2, -0.15) is 0 Å². The topological polar surface area (TPSA) is 112 Å². The van der Waals surface area contributed by atoms with Crippen LogP contribution in [0.5, 0.6) is 5.75 Å². The Bertz CT molecular complexity index is 1310. The smallest absolute Gasteiger partial charge is 0.220 e. The van der Waals surface area contributed by atoms with Gasteiger partial charge in [0.05, 0.1) is 5.69 Å². The highest BCUT2D eigenvalue weighted by Crippen LogP contribution is 2.37. The first-order valence-corrected chi connectivity index (χ1v) is 15.1. The van der Waals surface area contributed by atoms with Gasteiger partial charge in [0, 0.05) is 42.4 Å². The van der Waals surface area contributed by atoms with E-state index in [1.165, 1.54) is 11.1 Å². The number of anilines is 1. The maximum Gasteiger partial charge on any atom is 0.220 e. The summed E-state index contributed by atoms with van der Waals surface area (Å²) in [6.45, 7) is 8.88. The van der Waals surface area contributed by atoms with Crippen molar-refractivity contribution in [2.45, 2.75) is 59.0 Å². The van der Waals surface area contributed by atoms with Gasteiger partial charge >= 0.3 is 0 Å². The maximum atomic E-state index is 11.5. The molecule has 9 heteroatoms. The number of aliphatic hydroxyl groups excluding tert-OH is 1. The molecule has 0 aliphatic carbocycles. The van der Waals surface area contributed by atoms with Crippen molar-refractivity contribution in [3.05, 3.63) is 64.0 Å². The number of amides is 1. The average Bonchev–Trinajstić information content (AvgIpc) is 3.44. The summed E-state index contributed by atoms with van der Waals surface area (Å²) < 4.78 is 6.45. The number of aromatic nitrogens is 1. The summed E-state index contributed by atoms with van der Waals surface area (Å²) >= 11 is 1.62. The van der Waals surface area contributed by atoms with Crippen LogP contribution >= 0.6 is 11.3 Å². The number of benzene rings is 2. The van der Waals surface area contributed by atoms with E-state index in [1.54, 1.807) is 11.3 Å². The molecule has 2 fully saturated rings. The Morgan fingerprint density at radius 2 is 1.82 bits per heavy atom. The lowest BCUT2D eigenvalue weighted by Crippen LogP contribution is -2.38. The van der Waals surface area contributed by atoms with Gasteiger partial charge in [-0.25, -0.2) is 4.98 Å². The summed E-state index contributed by atoms with van der Waals surface area (Å²) in [5, 5.41) is 22.0. The molecule has 2 aromatic carbocycles. The van der Waals surface area contributed by atoms with Gasteiger partial charge in [0.15, 0.2) is 11.4 Å². The van der Waals surface area contributed by atoms with Crippen molar-refractivity contribution in [3.63, 3.8) is 0 Å². The minimum atomic E-state index is -1.24. The number of nitrogens with zero attached hydrogens (tertiary/aromatic N) is 3. The summed E-state index contributed by atoms with van der Waals surface area (Å²) in [4.78, 5) is 21.0. The number of rotatable bonds is 9. The van der Waals surface area contributed by atoms with Crippen LogP contribution in [0.15, 0.2) is 41.8 Å². The van der Waals surface area contributed by atoms with Gasteiger partial charge < -0.3 is 25.6 Å². The fourth-order valence-electron chi connectivity index (χ4n) is 5.77. The van der Waals surface area contributed by atoms with Gasteiger partial charge in [-0.3, -0.25) is 9.69 Å². The zero-order chi connectivity index (χ0) is 28.2. The molecule has 3 heterocycles. The average molecular weight is 565 g/mol. The van der Waals surface area contributed by atoms with Crippen molar-refractivity contribution in [3.8, 4) is 17.0 Å². The van der Waals surface area contributed by atoms with E-state index in [0.29, 0.717) is 6.61 Å². The third-order valence-electron chi connectivity index (χ3n) is 8.39. The normalized spacial score (nSPS) is 17.5. The van der Waals surface area contributed by atoms with Gasteiger partial charge in [0.2, 0.25) is 5.91 Å². The molecule has 40 heavy (non-hydrogen) atoms. The van der Waals surface area contributed by atoms with E-state index >= 15 is 0 Å². The first kappa shape index (κ1) is 28.5. The highest BCUT2D eigenvalue weighted by molar-refractivity contribution is 7.14. The number of piperidine rings is 2. The summed E-state index contributed by atoms with van der Waals surface area (Å²) in [5.74, 6) is 0.625. The number of ether oxygens (including phenoxy) is 1. The molecule has 0 spiro atoms. The second-order valence-electron chi connectivity index (χ2n) is 11.2. The number of primary amides is 1. The van der Waals surface area contributed by atoms with Gasteiger partial charge in [-0.1, -0.05) is 30.3 Å². The van der Waals surface area contributed by atoms with E-state index in [1.807, 2.05) is 6.07 Å². The van der Waals surface area contributed by atoms with E-state index < -0.39 is 6.29 Å². The molecule has 1 amide bonds. The molecule has 0 bridgehead atoms. The van der Waals surface area contributed by atoms with E-state index in [9.17, 15) is 15.0 Å². The number of hydrogen-bond acceptors (Lipinski definition) is 8. The molecule has 2 aliphatic heterocycles. The molecule has 5 rings (SSSR count). The van der Waals surface area contributed by atoms with E-state index in [4.69, 9.17) is 15.5 Å². The van der Waals surface area contributed by atoms with Gasteiger partial charge in [0.1, 0.15) is 12.4 Å². The second-order valence-corrected chi connectivity index (χ2v) is 12.0. The van der Waals surface area contributed by atoms with Crippen molar-refractivity contribution in [1.29, 1.82) is 0 Å². The van der Waals surface area contributed by atoms with Crippen molar-refractivity contribution in [1.82, 2.24) is 9.88 Å². The highest BCUT2D eigenvalue weighted by Gasteiger charge is 2.26. The Kier molecular flexibility index (Phi) is 9.05. The number of thiazole rings is 1. The number of nitrogens with two attached hydrogens (primary N) is 1. The number of para-hydroxylation sites is 1. The Hall–Kier alpha value is -2.98. The maximum absolute atomic E-state index is 11.5. The predicted octanol–water partition coefficient (Wildman–Crippen LogP) is 4.23. The fraction of sp³-hybridized carbons (Fsp3) is 0.484. The third kappa shape index (κ3) is 6.66. The first-order valence-electron chi connectivity index (χ1n) is 14.2. The Balaban J connectivity index is 1.23. The van der Waals surface area contributed by atoms with E-state index in [2.05, 4.69) is 59.4 Å². The number of carbonyl (C=O) groups excluding carboxylic acids is 1. The van der Waals surface area contributed by atoms with Crippen LogP contribution in [0, 0.1) is 25.7 Å². The Morgan fingerprint density at radius 1 is 1.07 bits per heavy atom. The number of carbonyl (C=O) groups is 1. The van der Waals surface area contributed by atoms with Crippen LogP contribution in [-0.2, 0) is 17.9 Å². The van der Waals surface area contributed by atoms with E-state index in [0.717, 1.165) is 91.7 Å². The molecule has 8 nitrogen and oxygen atoms in total. The minimum Gasteiger partial charge on any atom is -0.488 e. The third-order valence-corrected chi connectivity index (χ3v) is 9.29. The fourth-order valence-corrected chi connectivity index (χ4v) is 6.65. The molecular formula is C31H40N4O4S. The lowest BCUT2D eigenvalue weighted by Gasteiger charge is -2.32. The second kappa shape index (κ2) is 12.7. The molecule has 2 saturated heterocycles. The standard InChI is InChI=1S/C31H40N4O4S/c1-20-4-3-5-26(27-19-40-31(33-27)35-14-10-24(11-15-35)30(37)38)28(20)39-18-25-7-6-22(16-21(25)2)17-34-12-8-23(9-13-34)29(32)36/h3-7,16,19,23-24,30,37-38H,8-15,17-18H2,1-2H3,(H2,32,36). The monoisotopic (exact) mass is 564 g/mol. The minimum absolute atomic E-state index is 0.0131. The van der Waals surface area contributed by atoms with Crippen molar-refractivity contribution in [2.24, 2.45) is 17.6 Å². The molecule has 4 N–H and O–H groups in total. The van der Waals surface area contributed by atoms with Crippen LogP contribution in [0.3, 0.4) is 0 Å². The van der Waals surface area contributed by atoms with Crippen molar-refractivity contribution in [2.75, 3.05) is 31.1 Å². The highest BCUT2D eigenvalue weighted by atomic mass is 32.1. The van der Waals surface area contributed by atoms with Crippen LogP contribution in [0.1, 0.15) is 47.9 Å². The van der Waals surface area contributed by atoms with Crippen LogP contribution in [0.4, 0.5) is 5.13 Å². The number of aryl methyl sites for hydroxylation is 2. The number of hydrogen-bond donors (Lipinski definition) is 3. The molecule has 2 aliphatic rings. The summed E-state index contributed by atoms with van der Waals surface area (Å²) in [7, 11) is 0. The van der Waals surface area contributed by atoms with Gasteiger partial charge in [-0.15, -0.1) is 11.3 Å². The van der Waals surface area contributed by atoms with Crippen LogP contribution in [-0.4, -0.2) is 58.5 Å². The molecule has 0 unspecified atom stereocenters. The lowest BCUT2D eigenvalue weighted by atomic mass is 9.96. The number of likely N-dealkylation sites (tertiary alicyclic amines) is 1. The zero-order valence-corrected chi connectivity index (χ0v) is 24.2. The van der Waals surface area contributed by atoms with Gasteiger partial charge in [-0.05, 0) is 80.9 Å². The molecular weight excluding hydrogens is 524 g/mol. The first-order chi connectivity index (χ1) is 19.3.